The molecule has 2 heterocycles. The monoisotopic (exact) mass is 292 g/mol. The third-order valence-corrected chi connectivity index (χ3v) is 3.66. The molecule has 0 aliphatic heterocycles. The van der Waals surface area contributed by atoms with E-state index in [-0.39, 0.29) is 18.6 Å². The van der Waals surface area contributed by atoms with E-state index in [4.69, 9.17) is 18.7 Å². The summed E-state index contributed by atoms with van der Waals surface area (Å²) in [6, 6.07) is 3.49. The Balaban J connectivity index is 1.49. The van der Waals surface area contributed by atoms with Gasteiger partial charge in [0.1, 0.15) is 6.61 Å². The van der Waals surface area contributed by atoms with Crippen LogP contribution in [-0.4, -0.2) is 27.4 Å². The molecule has 0 spiro atoms. The Morgan fingerprint density at radius 2 is 2.14 bits per heavy atom. The van der Waals surface area contributed by atoms with Crippen LogP contribution in [0.25, 0.3) is 11.7 Å². The molecule has 3 rings (SSSR count). The van der Waals surface area contributed by atoms with E-state index < -0.39 is 5.97 Å². The van der Waals surface area contributed by atoms with Crippen LogP contribution in [0.1, 0.15) is 31.6 Å². The zero-order chi connectivity index (χ0) is 14.7. The van der Waals surface area contributed by atoms with Crippen molar-refractivity contribution in [1.29, 1.82) is 0 Å². The van der Waals surface area contributed by atoms with Gasteiger partial charge in [-0.1, -0.05) is 0 Å². The van der Waals surface area contributed by atoms with Crippen molar-refractivity contribution in [3.05, 3.63) is 24.3 Å². The van der Waals surface area contributed by atoms with Crippen LogP contribution in [0.15, 0.2) is 27.2 Å². The molecule has 1 aliphatic rings. The van der Waals surface area contributed by atoms with Crippen LogP contribution < -0.4 is 0 Å². The number of hydrogen-bond acceptors (Lipinski definition) is 6. The lowest BCUT2D eigenvalue weighted by Gasteiger charge is -2.25. The van der Waals surface area contributed by atoms with E-state index in [1.807, 2.05) is 0 Å². The smallest absolute Gasteiger partial charge is 0.306 e. The maximum absolute atomic E-state index is 10.9. The van der Waals surface area contributed by atoms with Crippen molar-refractivity contribution >= 4 is 5.97 Å². The van der Waals surface area contributed by atoms with Gasteiger partial charge in [-0.05, 0) is 37.8 Å². The number of carbonyl (C=O) groups is 1. The molecule has 0 atom stereocenters. The van der Waals surface area contributed by atoms with Gasteiger partial charge in [-0.2, -0.15) is 0 Å². The van der Waals surface area contributed by atoms with Crippen molar-refractivity contribution in [2.45, 2.75) is 38.4 Å². The van der Waals surface area contributed by atoms with Crippen molar-refractivity contribution in [2.75, 3.05) is 0 Å². The van der Waals surface area contributed by atoms with E-state index >= 15 is 0 Å². The summed E-state index contributed by atoms with van der Waals surface area (Å²) in [5, 5.41) is 16.7. The number of aromatic nitrogens is 2. The highest BCUT2D eigenvalue weighted by Gasteiger charge is 2.26. The summed E-state index contributed by atoms with van der Waals surface area (Å²) in [4.78, 5) is 10.9. The second-order valence-electron chi connectivity index (χ2n) is 5.10. The van der Waals surface area contributed by atoms with E-state index in [9.17, 15) is 4.79 Å². The first kappa shape index (κ1) is 13.8. The molecule has 7 nitrogen and oxygen atoms in total. The number of carboxylic acids is 1. The van der Waals surface area contributed by atoms with E-state index in [1.165, 1.54) is 6.26 Å². The molecule has 21 heavy (non-hydrogen) atoms. The SMILES string of the molecule is O=C(O)C1CCC(OCc2nnc(-c3ccco3)o2)CC1. The lowest BCUT2D eigenvalue weighted by Crippen LogP contribution is -2.25. The summed E-state index contributed by atoms with van der Waals surface area (Å²) in [5.41, 5.74) is 0. The molecular weight excluding hydrogens is 276 g/mol. The molecule has 0 saturated heterocycles. The van der Waals surface area contributed by atoms with Gasteiger partial charge in [-0.15, -0.1) is 10.2 Å². The van der Waals surface area contributed by atoms with E-state index in [0.29, 0.717) is 30.4 Å². The number of nitrogens with zero attached hydrogens (tertiary/aromatic N) is 2. The van der Waals surface area contributed by atoms with Gasteiger partial charge < -0.3 is 18.7 Å². The number of hydrogen-bond donors (Lipinski definition) is 1. The highest BCUT2D eigenvalue weighted by atomic mass is 16.5. The van der Waals surface area contributed by atoms with Crippen LogP contribution in [0, 0.1) is 5.92 Å². The molecule has 1 saturated carbocycles. The molecule has 2 aromatic rings. The molecule has 0 amide bonds. The normalized spacial score (nSPS) is 22.3. The Hall–Kier alpha value is -2.15. The Kier molecular flexibility index (Phi) is 4.01. The summed E-state index contributed by atoms with van der Waals surface area (Å²) in [6.07, 6.45) is 4.39. The molecule has 1 N–H and O–H groups in total. The predicted molar refractivity (Wildman–Crippen MR) is 70.2 cm³/mol. The number of rotatable bonds is 5. The lowest BCUT2D eigenvalue weighted by molar-refractivity contribution is -0.144. The van der Waals surface area contributed by atoms with Crippen molar-refractivity contribution < 1.29 is 23.5 Å². The van der Waals surface area contributed by atoms with Gasteiger partial charge in [0.2, 0.25) is 5.89 Å². The molecular formula is C14H16N2O5. The second-order valence-corrected chi connectivity index (χ2v) is 5.10. The minimum Gasteiger partial charge on any atom is -0.481 e. The quantitative estimate of drug-likeness (QED) is 0.903. The molecule has 0 bridgehead atoms. The van der Waals surface area contributed by atoms with Gasteiger partial charge in [0.05, 0.1) is 18.3 Å². The maximum atomic E-state index is 10.9. The maximum Gasteiger partial charge on any atom is 0.306 e. The largest absolute Gasteiger partial charge is 0.481 e. The molecule has 1 aliphatic carbocycles. The fourth-order valence-corrected chi connectivity index (χ4v) is 2.48. The fourth-order valence-electron chi connectivity index (χ4n) is 2.48. The van der Waals surface area contributed by atoms with Gasteiger partial charge in [0, 0.05) is 0 Å². The summed E-state index contributed by atoms with van der Waals surface area (Å²) >= 11 is 0. The minimum absolute atomic E-state index is 0.0552. The van der Waals surface area contributed by atoms with Crippen LogP contribution in [0.4, 0.5) is 0 Å². The van der Waals surface area contributed by atoms with Crippen LogP contribution >= 0.6 is 0 Å². The van der Waals surface area contributed by atoms with Crippen molar-refractivity contribution in [1.82, 2.24) is 10.2 Å². The van der Waals surface area contributed by atoms with Gasteiger partial charge in [0.25, 0.3) is 5.89 Å². The minimum atomic E-state index is -0.714. The molecule has 1 fully saturated rings. The Bertz CT molecular complexity index is 584. The topological polar surface area (TPSA) is 98.6 Å². The summed E-state index contributed by atoms with van der Waals surface area (Å²) in [6.45, 7) is 0.232. The molecule has 0 aromatic carbocycles. The molecule has 0 unspecified atom stereocenters. The zero-order valence-electron chi connectivity index (χ0n) is 11.4. The first-order valence-electron chi connectivity index (χ1n) is 6.93. The van der Waals surface area contributed by atoms with E-state index in [2.05, 4.69) is 10.2 Å². The van der Waals surface area contributed by atoms with E-state index in [1.54, 1.807) is 12.1 Å². The third kappa shape index (κ3) is 3.30. The van der Waals surface area contributed by atoms with Gasteiger partial charge in [-0.25, -0.2) is 0 Å². The lowest BCUT2D eigenvalue weighted by atomic mass is 9.87. The molecule has 2 aromatic heterocycles. The highest BCUT2D eigenvalue weighted by molar-refractivity contribution is 5.70. The fraction of sp³-hybridized carbons (Fsp3) is 0.500. The molecule has 0 radical (unpaired) electrons. The standard InChI is InChI=1S/C14H16N2O5/c17-14(18)9-3-5-10(6-4-9)20-8-12-15-16-13(21-12)11-2-1-7-19-11/h1-2,7,9-10H,3-6,8H2,(H,17,18). The van der Waals surface area contributed by atoms with E-state index in [0.717, 1.165) is 12.8 Å². The summed E-state index contributed by atoms with van der Waals surface area (Å²) in [5.74, 6) is 0.290. The van der Waals surface area contributed by atoms with Gasteiger partial charge in [-0.3, -0.25) is 4.79 Å². The average Bonchev–Trinajstić information content (AvgIpc) is 3.16. The van der Waals surface area contributed by atoms with Crippen LogP contribution in [0.3, 0.4) is 0 Å². The van der Waals surface area contributed by atoms with Gasteiger partial charge in [0.15, 0.2) is 5.76 Å². The summed E-state index contributed by atoms with van der Waals surface area (Å²) in [7, 11) is 0. The van der Waals surface area contributed by atoms with Crippen LogP contribution in [0.5, 0.6) is 0 Å². The van der Waals surface area contributed by atoms with Crippen molar-refractivity contribution in [3.8, 4) is 11.7 Å². The van der Waals surface area contributed by atoms with Crippen LogP contribution in [0.2, 0.25) is 0 Å². The second kappa shape index (κ2) is 6.09. The Morgan fingerprint density at radius 1 is 1.33 bits per heavy atom. The number of aliphatic carboxylic acids is 1. The Morgan fingerprint density at radius 3 is 2.81 bits per heavy atom. The number of furan rings is 1. The molecule has 112 valence electrons. The Labute approximate surface area is 120 Å². The molecule has 7 heteroatoms. The third-order valence-electron chi connectivity index (χ3n) is 3.66. The predicted octanol–water partition coefficient (Wildman–Crippen LogP) is 2.49. The van der Waals surface area contributed by atoms with Crippen molar-refractivity contribution in [3.63, 3.8) is 0 Å². The van der Waals surface area contributed by atoms with Crippen molar-refractivity contribution in [2.24, 2.45) is 5.92 Å². The van der Waals surface area contributed by atoms with Crippen LogP contribution in [-0.2, 0) is 16.1 Å². The number of carboxylic acid groups (broad SMARTS) is 1. The highest BCUT2D eigenvalue weighted by Crippen LogP contribution is 2.27. The first-order chi connectivity index (χ1) is 10.2. The van der Waals surface area contributed by atoms with Gasteiger partial charge >= 0.3 is 5.97 Å². The summed E-state index contributed by atoms with van der Waals surface area (Å²) < 4.78 is 16.3. The first-order valence-corrected chi connectivity index (χ1v) is 6.93. The number of ether oxygens (including phenoxy) is 1. The zero-order valence-corrected chi connectivity index (χ0v) is 11.4. The average molecular weight is 292 g/mol.